The number of nitrogens with zero attached hydrogens (tertiary/aromatic N) is 2. The molecule has 0 aliphatic carbocycles. The highest BCUT2D eigenvalue weighted by atomic mass is 19.1. The zero-order valence-corrected chi connectivity index (χ0v) is 13.7. The maximum atomic E-state index is 13.2. The van der Waals surface area contributed by atoms with E-state index >= 15 is 0 Å². The second kappa shape index (κ2) is 6.97. The third kappa shape index (κ3) is 3.61. The van der Waals surface area contributed by atoms with Crippen LogP contribution in [-0.2, 0) is 4.74 Å². The van der Waals surface area contributed by atoms with Gasteiger partial charge in [-0.1, -0.05) is 0 Å². The van der Waals surface area contributed by atoms with Gasteiger partial charge in [-0.2, -0.15) is 0 Å². The number of benzene rings is 1. The summed E-state index contributed by atoms with van der Waals surface area (Å²) in [4.78, 5) is 4.92. The number of aryl methyl sites for hydroxylation is 1. The van der Waals surface area contributed by atoms with Crippen LogP contribution in [0, 0.1) is 18.7 Å². The first-order valence-corrected chi connectivity index (χ1v) is 8.42. The van der Waals surface area contributed by atoms with Gasteiger partial charge in [0.15, 0.2) is 0 Å². The van der Waals surface area contributed by atoms with E-state index in [1.54, 1.807) is 12.1 Å². The minimum atomic E-state index is -0.144. The maximum Gasteiger partial charge on any atom is 0.123 e. The van der Waals surface area contributed by atoms with Crippen LogP contribution in [0.4, 0.5) is 10.1 Å². The third-order valence-electron chi connectivity index (χ3n) is 5.16. The van der Waals surface area contributed by atoms with Crippen molar-refractivity contribution < 1.29 is 9.13 Å². The summed E-state index contributed by atoms with van der Waals surface area (Å²) >= 11 is 0. The van der Waals surface area contributed by atoms with Crippen LogP contribution in [0.15, 0.2) is 18.2 Å². The molecule has 2 aliphatic heterocycles. The number of ether oxygens (including phenoxy) is 1. The van der Waals surface area contributed by atoms with Crippen molar-refractivity contribution in [3.8, 4) is 0 Å². The quantitative estimate of drug-likeness (QED) is 0.850. The molecule has 2 heterocycles. The Bertz CT molecular complexity index is 494. The van der Waals surface area contributed by atoms with Gasteiger partial charge in [-0.15, -0.1) is 0 Å². The zero-order chi connectivity index (χ0) is 15.5. The van der Waals surface area contributed by atoms with E-state index in [2.05, 4.69) is 16.8 Å². The summed E-state index contributed by atoms with van der Waals surface area (Å²) in [7, 11) is 2.25. The normalized spacial score (nSPS) is 23.5. The molecule has 1 aromatic rings. The SMILES string of the molecule is Cc1cc(F)ccc1N1CCC(N(C)C[C@@H]2CCOC2)CC1. The van der Waals surface area contributed by atoms with Gasteiger partial charge in [0.1, 0.15) is 5.82 Å². The van der Waals surface area contributed by atoms with Gasteiger partial charge in [-0.05, 0) is 62.9 Å². The molecule has 0 unspecified atom stereocenters. The molecule has 0 N–H and O–H groups in total. The molecule has 0 aromatic heterocycles. The molecule has 2 aliphatic rings. The highest BCUT2D eigenvalue weighted by Crippen LogP contribution is 2.26. The molecule has 2 fully saturated rings. The molecule has 3 rings (SSSR count). The molecule has 4 heteroatoms. The third-order valence-corrected chi connectivity index (χ3v) is 5.16. The number of halogens is 1. The van der Waals surface area contributed by atoms with Gasteiger partial charge in [0.05, 0.1) is 6.61 Å². The van der Waals surface area contributed by atoms with E-state index in [0.717, 1.165) is 38.4 Å². The van der Waals surface area contributed by atoms with Crippen LogP contribution in [0.3, 0.4) is 0 Å². The number of hydrogen-bond donors (Lipinski definition) is 0. The van der Waals surface area contributed by atoms with Crippen LogP contribution < -0.4 is 4.90 Å². The average Bonchev–Trinajstić information content (AvgIpc) is 3.00. The molecule has 22 heavy (non-hydrogen) atoms. The minimum absolute atomic E-state index is 0.144. The fraction of sp³-hybridized carbons (Fsp3) is 0.667. The highest BCUT2D eigenvalue weighted by molar-refractivity contribution is 5.53. The molecule has 1 atom stereocenters. The fourth-order valence-corrected chi connectivity index (χ4v) is 3.80. The number of rotatable bonds is 4. The first-order chi connectivity index (χ1) is 10.6. The van der Waals surface area contributed by atoms with Crippen LogP contribution in [0.25, 0.3) is 0 Å². The van der Waals surface area contributed by atoms with E-state index in [1.165, 1.54) is 24.9 Å². The van der Waals surface area contributed by atoms with Crippen molar-refractivity contribution in [1.29, 1.82) is 0 Å². The Labute approximate surface area is 133 Å². The predicted octanol–water partition coefficient (Wildman–Crippen LogP) is 3.07. The minimum Gasteiger partial charge on any atom is -0.381 e. The first kappa shape index (κ1) is 15.8. The topological polar surface area (TPSA) is 15.7 Å². The molecule has 0 spiro atoms. The highest BCUT2D eigenvalue weighted by Gasteiger charge is 2.26. The number of anilines is 1. The Morgan fingerprint density at radius 1 is 1.27 bits per heavy atom. The molecule has 0 saturated carbocycles. The summed E-state index contributed by atoms with van der Waals surface area (Å²) in [5, 5.41) is 0. The van der Waals surface area contributed by atoms with Crippen LogP contribution in [0.1, 0.15) is 24.8 Å². The summed E-state index contributed by atoms with van der Waals surface area (Å²) < 4.78 is 18.7. The smallest absolute Gasteiger partial charge is 0.123 e. The lowest BCUT2D eigenvalue weighted by atomic mass is 10.00. The lowest BCUT2D eigenvalue weighted by molar-refractivity contribution is 0.150. The van der Waals surface area contributed by atoms with E-state index in [0.29, 0.717) is 12.0 Å². The molecule has 0 amide bonds. The Morgan fingerprint density at radius 2 is 2.05 bits per heavy atom. The van der Waals surface area contributed by atoms with Crippen molar-refractivity contribution in [3.63, 3.8) is 0 Å². The Morgan fingerprint density at radius 3 is 2.68 bits per heavy atom. The second-order valence-electron chi connectivity index (χ2n) is 6.82. The predicted molar refractivity (Wildman–Crippen MR) is 87.9 cm³/mol. The van der Waals surface area contributed by atoms with Crippen molar-refractivity contribution in [2.45, 2.75) is 32.2 Å². The van der Waals surface area contributed by atoms with E-state index in [1.807, 2.05) is 13.0 Å². The van der Waals surface area contributed by atoms with E-state index in [-0.39, 0.29) is 5.82 Å². The fourth-order valence-electron chi connectivity index (χ4n) is 3.80. The summed E-state index contributed by atoms with van der Waals surface area (Å²) in [5.74, 6) is 0.567. The maximum absolute atomic E-state index is 13.2. The van der Waals surface area contributed by atoms with Crippen LogP contribution in [-0.4, -0.2) is 50.8 Å². The molecule has 122 valence electrons. The van der Waals surface area contributed by atoms with Crippen molar-refractivity contribution in [2.24, 2.45) is 5.92 Å². The summed E-state index contributed by atoms with van der Waals surface area (Å²) in [6, 6.07) is 5.79. The second-order valence-corrected chi connectivity index (χ2v) is 6.82. The summed E-state index contributed by atoms with van der Waals surface area (Å²) in [6.07, 6.45) is 3.57. The Balaban J connectivity index is 1.53. The van der Waals surface area contributed by atoms with E-state index in [4.69, 9.17) is 4.74 Å². The summed E-state index contributed by atoms with van der Waals surface area (Å²) in [6.45, 7) is 7.13. The van der Waals surface area contributed by atoms with Gasteiger partial charge in [0.25, 0.3) is 0 Å². The molecule has 0 radical (unpaired) electrons. The van der Waals surface area contributed by atoms with E-state index in [9.17, 15) is 4.39 Å². The first-order valence-electron chi connectivity index (χ1n) is 8.42. The summed E-state index contributed by atoms with van der Waals surface area (Å²) in [5.41, 5.74) is 2.22. The van der Waals surface area contributed by atoms with E-state index < -0.39 is 0 Å². The molecular formula is C18H27FN2O. The lowest BCUT2D eigenvalue weighted by Crippen LogP contribution is -2.45. The van der Waals surface area contributed by atoms with Gasteiger partial charge in [-0.3, -0.25) is 0 Å². The van der Waals surface area contributed by atoms with Gasteiger partial charge >= 0.3 is 0 Å². The van der Waals surface area contributed by atoms with Crippen LogP contribution in [0.5, 0.6) is 0 Å². The van der Waals surface area contributed by atoms with Gasteiger partial charge in [-0.25, -0.2) is 4.39 Å². The van der Waals surface area contributed by atoms with Gasteiger partial charge < -0.3 is 14.5 Å². The van der Waals surface area contributed by atoms with Crippen molar-refractivity contribution >= 4 is 5.69 Å². The zero-order valence-electron chi connectivity index (χ0n) is 13.7. The van der Waals surface area contributed by atoms with Gasteiger partial charge in [0, 0.05) is 38.0 Å². The lowest BCUT2D eigenvalue weighted by Gasteiger charge is -2.39. The standard InChI is InChI=1S/C18H27FN2O/c1-14-11-16(19)3-4-18(14)21-8-5-17(6-9-21)20(2)12-15-7-10-22-13-15/h3-4,11,15,17H,5-10,12-13H2,1-2H3/t15-/m0/s1. The largest absolute Gasteiger partial charge is 0.381 e. The Hall–Kier alpha value is -1.13. The molecule has 2 saturated heterocycles. The van der Waals surface area contributed by atoms with Crippen molar-refractivity contribution in [1.82, 2.24) is 4.90 Å². The number of piperidine rings is 1. The van der Waals surface area contributed by atoms with Crippen molar-refractivity contribution in [2.75, 3.05) is 44.8 Å². The van der Waals surface area contributed by atoms with Crippen LogP contribution in [0.2, 0.25) is 0 Å². The van der Waals surface area contributed by atoms with Crippen LogP contribution >= 0.6 is 0 Å². The monoisotopic (exact) mass is 306 g/mol. The molecule has 3 nitrogen and oxygen atoms in total. The molecule has 1 aromatic carbocycles. The Kier molecular flexibility index (Phi) is 4.99. The average molecular weight is 306 g/mol. The molecule has 0 bridgehead atoms. The van der Waals surface area contributed by atoms with Crippen molar-refractivity contribution in [3.05, 3.63) is 29.6 Å². The number of hydrogen-bond acceptors (Lipinski definition) is 3. The molecular weight excluding hydrogens is 279 g/mol. The van der Waals surface area contributed by atoms with Gasteiger partial charge in [0.2, 0.25) is 0 Å².